The monoisotopic (exact) mass is 308 g/mol. The summed E-state index contributed by atoms with van der Waals surface area (Å²) in [4.78, 5) is 7.99. The Hall–Kier alpha value is -1.14. The first-order chi connectivity index (χ1) is 9.64. The molecule has 1 saturated heterocycles. The number of morpholine rings is 1. The molecule has 2 aromatic heterocycles. The van der Waals surface area contributed by atoms with Gasteiger partial charge in [0.2, 0.25) is 10.1 Å². The Morgan fingerprint density at radius 1 is 1.38 bits per heavy atom. The van der Waals surface area contributed by atoms with Crippen molar-refractivity contribution < 1.29 is 4.74 Å². The molecule has 0 unspecified atom stereocenters. The highest BCUT2D eigenvalue weighted by Gasteiger charge is 2.33. The fourth-order valence-electron chi connectivity index (χ4n) is 2.78. The molecule has 0 spiro atoms. The Morgan fingerprint density at radius 2 is 2.10 bits per heavy atom. The second-order valence-corrected chi connectivity index (χ2v) is 8.49. The number of fused-ring (bicyclic) bond motifs is 1. The summed E-state index contributed by atoms with van der Waals surface area (Å²) in [5.74, 6) is 0. The second-order valence-electron chi connectivity index (χ2n) is 7.56. The van der Waals surface area contributed by atoms with Crippen LogP contribution in [0.3, 0.4) is 0 Å². The van der Waals surface area contributed by atoms with Crippen LogP contribution in [0.2, 0.25) is 0 Å². The smallest absolute Gasteiger partial charge is 0.214 e. The van der Waals surface area contributed by atoms with Crippen LogP contribution < -0.4 is 4.90 Å². The van der Waals surface area contributed by atoms with Crippen molar-refractivity contribution in [1.82, 2.24) is 14.6 Å². The van der Waals surface area contributed by atoms with Crippen molar-refractivity contribution in [2.75, 3.05) is 18.0 Å². The fraction of sp³-hybridized carbons (Fsp3) is 0.733. The highest BCUT2D eigenvalue weighted by molar-refractivity contribution is 7.20. The van der Waals surface area contributed by atoms with E-state index < -0.39 is 0 Å². The Balaban J connectivity index is 1.89. The van der Waals surface area contributed by atoms with E-state index in [-0.39, 0.29) is 17.1 Å². The lowest BCUT2D eigenvalue weighted by Gasteiger charge is -2.41. The maximum absolute atomic E-state index is 5.96. The topological polar surface area (TPSA) is 42.7 Å². The van der Waals surface area contributed by atoms with Gasteiger partial charge in [0.15, 0.2) is 0 Å². The van der Waals surface area contributed by atoms with Gasteiger partial charge >= 0.3 is 0 Å². The molecule has 3 heterocycles. The highest BCUT2D eigenvalue weighted by Crippen LogP contribution is 2.31. The largest absolute Gasteiger partial charge is 0.369 e. The zero-order valence-corrected chi connectivity index (χ0v) is 14.5. The molecule has 0 N–H and O–H groups in total. The van der Waals surface area contributed by atoms with Crippen molar-refractivity contribution in [2.45, 2.75) is 58.7 Å². The van der Waals surface area contributed by atoms with E-state index in [0.717, 1.165) is 28.9 Å². The first-order valence-corrected chi connectivity index (χ1v) is 8.25. The van der Waals surface area contributed by atoms with E-state index >= 15 is 0 Å². The van der Waals surface area contributed by atoms with Crippen LogP contribution in [0.5, 0.6) is 0 Å². The van der Waals surface area contributed by atoms with Gasteiger partial charge in [-0.25, -0.2) is 9.50 Å². The number of aromatic nitrogens is 3. The number of rotatable bonds is 1. The van der Waals surface area contributed by atoms with Gasteiger partial charge in [-0.2, -0.15) is 0 Å². The van der Waals surface area contributed by atoms with E-state index in [0.29, 0.717) is 0 Å². The van der Waals surface area contributed by atoms with Crippen LogP contribution in [0.1, 0.15) is 47.2 Å². The Bertz CT molecular complexity index is 621. The molecular weight excluding hydrogens is 284 g/mol. The Morgan fingerprint density at radius 3 is 2.67 bits per heavy atom. The number of anilines is 1. The first kappa shape index (κ1) is 14.8. The average molecular weight is 308 g/mol. The van der Waals surface area contributed by atoms with Gasteiger partial charge in [-0.3, -0.25) is 0 Å². The normalized spacial score (nSPS) is 23.0. The Kier molecular flexibility index (Phi) is 3.29. The molecule has 116 valence electrons. The summed E-state index contributed by atoms with van der Waals surface area (Å²) in [6, 6.07) is 0. The van der Waals surface area contributed by atoms with Crippen LogP contribution in [0, 0.1) is 0 Å². The summed E-state index contributed by atoms with van der Waals surface area (Å²) in [5.41, 5.74) is 1.01. The summed E-state index contributed by atoms with van der Waals surface area (Å²) >= 11 is 1.65. The van der Waals surface area contributed by atoms with Gasteiger partial charge in [0.05, 0.1) is 23.6 Å². The molecule has 21 heavy (non-hydrogen) atoms. The van der Waals surface area contributed by atoms with Gasteiger partial charge in [-0.05, 0) is 20.8 Å². The molecule has 5 nitrogen and oxygen atoms in total. The van der Waals surface area contributed by atoms with Crippen molar-refractivity contribution in [3.05, 3.63) is 11.9 Å². The lowest BCUT2D eigenvalue weighted by molar-refractivity contribution is -0.0750. The number of nitrogens with zero attached hydrogens (tertiary/aromatic N) is 4. The van der Waals surface area contributed by atoms with Gasteiger partial charge in [-0.15, -0.1) is 5.10 Å². The minimum absolute atomic E-state index is 0.0586. The third kappa shape index (κ3) is 2.92. The van der Waals surface area contributed by atoms with Gasteiger partial charge in [0.1, 0.15) is 0 Å². The van der Waals surface area contributed by atoms with Crippen molar-refractivity contribution in [1.29, 1.82) is 0 Å². The van der Waals surface area contributed by atoms with Crippen LogP contribution in [0.15, 0.2) is 6.20 Å². The molecule has 1 fully saturated rings. The van der Waals surface area contributed by atoms with Crippen LogP contribution in [-0.4, -0.2) is 39.4 Å². The fourth-order valence-corrected chi connectivity index (χ4v) is 3.67. The number of hydrogen-bond acceptors (Lipinski definition) is 5. The number of ether oxygens (including phenoxy) is 1. The van der Waals surface area contributed by atoms with Crippen LogP contribution in [-0.2, 0) is 10.2 Å². The maximum atomic E-state index is 5.96. The molecular formula is C15H24N4OS. The predicted molar refractivity (Wildman–Crippen MR) is 86.4 cm³/mol. The summed E-state index contributed by atoms with van der Waals surface area (Å²) in [7, 11) is 0. The van der Waals surface area contributed by atoms with Crippen LogP contribution >= 0.6 is 11.3 Å². The molecule has 1 atom stereocenters. The lowest BCUT2D eigenvalue weighted by atomic mass is 9.93. The van der Waals surface area contributed by atoms with Gasteiger partial charge in [-0.1, -0.05) is 32.1 Å². The zero-order valence-electron chi connectivity index (χ0n) is 13.7. The van der Waals surface area contributed by atoms with E-state index in [9.17, 15) is 0 Å². The van der Waals surface area contributed by atoms with Crippen molar-refractivity contribution >= 4 is 21.4 Å². The molecule has 0 amide bonds. The molecule has 0 bridgehead atoms. The van der Waals surface area contributed by atoms with Gasteiger partial charge < -0.3 is 9.64 Å². The standard InChI is InChI=1S/C15H24N4OS/c1-10-7-18(9-15(5,6)20-10)13-17-19-8-11(14(2,3)4)16-12(19)21-13/h8,10H,7,9H2,1-6H3/t10-/m0/s1. The van der Waals surface area contributed by atoms with Crippen LogP contribution in [0.4, 0.5) is 5.13 Å². The third-order valence-electron chi connectivity index (χ3n) is 3.64. The SMILES string of the molecule is C[C@H]1CN(c2nn3cc(C(C)(C)C)nc3s2)CC(C)(C)O1. The first-order valence-electron chi connectivity index (χ1n) is 7.43. The van der Waals surface area contributed by atoms with Crippen molar-refractivity contribution in [3.8, 4) is 0 Å². The minimum atomic E-state index is -0.137. The third-order valence-corrected chi connectivity index (χ3v) is 4.62. The van der Waals surface area contributed by atoms with Gasteiger partial charge in [0, 0.05) is 18.5 Å². The quantitative estimate of drug-likeness (QED) is 0.812. The van der Waals surface area contributed by atoms with E-state index in [1.54, 1.807) is 11.3 Å². The van der Waals surface area contributed by atoms with Crippen molar-refractivity contribution in [3.63, 3.8) is 0 Å². The molecule has 3 rings (SSSR count). The minimum Gasteiger partial charge on any atom is -0.369 e. The molecule has 6 heteroatoms. The van der Waals surface area contributed by atoms with E-state index in [1.165, 1.54) is 0 Å². The predicted octanol–water partition coefficient (Wildman–Crippen LogP) is 3.09. The van der Waals surface area contributed by atoms with E-state index in [1.807, 2.05) is 10.7 Å². The molecule has 0 saturated carbocycles. The van der Waals surface area contributed by atoms with E-state index in [4.69, 9.17) is 14.8 Å². The second kappa shape index (κ2) is 4.68. The summed E-state index contributed by atoms with van der Waals surface area (Å²) in [5, 5.41) is 5.74. The molecule has 2 aromatic rings. The highest BCUT2D eigenvalue weighted by atomic mass is 32.1. The van der Waals surface area contributed by atoms with Gasteiger partial charge in [0.25, 0.3) is 0 Å². The number of imidazole rings is 1. The molecule has 1 aliphatic heterocycles. The van der Waals surface area contributed by atoms with Crippen LogP contribution in [0.25, 0.3) is 4.96 Å². The average Bonchev–Trinajstić information content (AvgIpc) is 2.81. The molecule has 0 aromatic carbocycles. The zero-order chi connectivity index (χ0) is 15.4. The Labute approximate surface area is 129 Å². The van der Waals surface area contributed by atoms with Crippen molar-refractivity contribution in [2.24, 2.45) is 0 Å². The molecule has 0 aliphatic carbocycles. The van der Waals surface area contributed by atoms with E-state index in [2.05, 4.69) is 46.4 Å². The summed E-state index contributed by atoms with van der Waals surface area (Å²) < 4.78 is 7.87. The lowest BCUT2D eigenvalue weighted by Crippen LogP contribution is -2.52. The molecule has 0 radical (unpaired) electrons. The number of hydrogen-bond donors (Lipinski definition) is 0. The summed E-state index contributed by atoms with van der Waals surface area (Å²) in [6.45, 7) is 14.6. The maximum Gasteiger partial charge on any atom is 0.214 e. The summed E-state index contributed by atoms with van der Waals surface area (Å²) in [6.07, 6.45) is 2.26. The molecule has 1 aliphatic rings.